The lowest BCUT2D eigenvalue weighted by molar-refractivity contribution is 0.0699. The average Bonchev–Trinajstić information content (AvgIpc) is 2.15. The zero-order chi connectivity index (χ0) is 11.0. The van der Waals surface area contributed by atoms with E-state index in [0.29, 0.717) is 20.5 Å². The average molecular weight is 287 g/mol. The maximum Gasteiger partial charge on any atom is 0.336 e. The summed E-state index contributed by atoms with van der Waals surface area (Å²) < 4.78 is 0.669. The van der Waals surface area contributed by atoms with Gasteiger partial charge in [0, 0.05) is 9.86 Å². The van der Waals surface area contributed by atoms with Crippen molar-refractivity contribution in [3.05, 3.63) is 39.5 Å². The minimum atomic E-state index is -0.981. The predicted molar refractivity (Wildman–Crippen MR) is 61.4 cm³/mol. The monoisotopic (exact) mass is 285 g/mol. The number of hydrogen-bond donors (Lipinski definition) is 1. The van der Waals surface area contributed by atoms with Gasteiger partial charge in [0.1, 0.15) is 5.15 Å². The number of rotatable bonds is 1. The lowest BCUT2D eigenvalue weighted by atomic mass is 10.1. The van der Waals surface area contributed by atoms with E-state index < -0.39 is 5.97 Å². The van der Waals surface area contributed by atoms with Crippen molar-refractivity contribution < 1.29 is 9.90 Å². The summed E-state index contributed by atoms with van der Waals surface area (Å²) in [6.07, 6.45) is 0. The van der Waals surface area contributed by atoms with Gasteiger partial charge in [0.05, 0.1) is 11.1 Å². The Morgan fingerprint density at radius 2 is 2.13 bits per heavy atom. The van der Waals surface area contributed by atoms with E-state index in [1.165, 1.54) is 0 Å². The van der Waals surface area contributed by atoms with Crippen molar-refractivity contribution in [2.24, 2.45) is 0 Å². The molecule has 15 heavy (non-hydrogen) atoms. The minimum Gasteiger partial charge on any atom is -0.478 e. The van der Waals surface area contributed by atoms with Crippen molar-refractivity contribution >= 4 is 44.4 Å². The van der Waals surface area contributed by atoms with Crippen LogP contribution in [-0.2, 0) is 0 Å². The van der Waals surface area contributed by atoms with Crippen molar-refractivity contribution in [3.63, 3.8) is 0 Å². The number of carbonyl (C=O) groups is 1. The van der Waals surface area contributed by atoms with Gasteiger partial charge in [0.15, 0.2) is 0 Å². The van der Waals surface area contributed by atoms with Crippen LogP contribution in [0.25, 0.3) is 10.9 Å². The Balaban J connectivity index is 2.86. The van der Waals surface area contributed by atoms with E-state index in [0.717, 1.165) is 0 Å². The molecule has 0 bridgehead atoms. The summed E-state index contributed by atoms with van der Waals surface area (Å²) in [7, 11) is 0. The SMILES string of the molecule is O=C(O)c1cc(Br)cc2nc(Cl)ccc12. The van der Waals surface area contributed by atoms with E-state index in [-0.39, 0.29) is 5.56 Å². The van der Waals surface area contributed by atoms with Gasteiger partial charge in [0.2, 0.25) is 0 Å². The molecule has 1 aromatic heterocycles. The highest BCUT2D eigenvalue weighted by Crippen LogP contribution is 2.24. The van der Waals surface area contributed by atoms with Crippen LogP contribution >= 0.6 is 27.5 Å². The van der Waals surface area contributed by atoms with Crippen molar-refractivity contribution in [2.45, 2.75) is 0 Å². The molecule has 0 aliphatic carbocycles. The third-order valence-corrected chi connectivity index (χ3v) is 2.64. The second kappa shape index (κ2) is 3.79. The Hall–Kier alpha value is -1.13. The standard InChI is InChI=1S/C10H5BrClNO2/c11-5-3-7(10(14)15)6-1-2-9(12)13-8(6)4-5/h1-4H,(H,14,15). The van der Waals surface area contributed by atoms with Crippen LogP contribution < -0.4 is 0 Å². The van der Waals surface area contributed by atoms with Crippen molar-refractivity contribution in [1.29, 1.82) is 0 Å². The summed E-state index contributed by atoms with van der Waals surface area (Å²) in [5, 5.41) is 9.92. The van der Waals surface area contributed by atoms with Crippen LogP contribution in [0, 0.1) is 0 Å². The maximum absolute atomic E-state index is 11.0. The number of nitrogens with zero attached hydrogens (tertiary/aromatic N) is 1. The molecule has 0 unspecified atom stereocenters. The number of aromatic nitrogens is 1. The fourth-order valence-electron chi connectivity index (χ4n) is 1.35. The minimum absolute atomic E-state index is 0.212. The first-order chi connectivity index (χ1) is 7.08. The third kappa shape index (κ3) is 1.96. The molecule has 0 amide bonds. The highest BCUT2D eigenvalue weighted by Gasteiger charge is 2.10. The zero-order valence-electron chi connectivity index (χ0n) is 7.37. The van der Waals surface area contributed by atoms with Crippen molar-refractivity contribution in [3.8, 4) is 0 Å². The molecule has 0 aliphatic rings. The Kier molecular flexibility index (Phi) is 2.63. The first-order valence-electron chi connectivity index (χ1n) is 4.07. The van der Waals surface area contributed by atoms with Gasteiger partial charge in [-0.2, -0.15) is 0 Å². The molecule has 1 aromatic carbocycles. The van der Waals surface area contributed by atoms with Gasteiger partial charge in [-0.15, -0.1) is 0 Å². The Morgan fingerprint density at radius 1 is 1.40 bits per heavy atom. The quantitative estimate of drug-likeness (QED) is 0.818. The Morgan fingerprint density at radius 3 is 2.80 bits per heavy atom. The molecular formula is C10H5BrClNO2. The molecule has 0 saturated heterocycles. The molecule has 0 atom stereocenters. The zero-order valence-corrected chi connectivity index (χ0v) is 9.71. The van der Waals surface area contributed by atoms with Gasteiger partial charge in [-0.3, -0.25) is 0 Å². The lowest BCUT2D eigenvalue weighted by Gasteiger charge is -2.03. The maximum atomic E-state index is 11.0. The van der Waals surface area contributed by atoms with Crippen LogP contribution in [0.15, 0.2) is 28.7 Å². The van der Waals surface area contributed by atoms with Crippen LogP contribution in [0.4, 0.5) is 0 Å². The van der Waals surface area contributed by atoms with Gasteiger partial charge >= 0.3 is 5.97 Å². The Bertz CT molecular complexity index is 551. The molecule has 0 spiro atoms. The molecule has 1 N–H and O–H groups in total. The van der Waals surface area contributed by atoms with Gasteiger partial charge < -0.3 is 5.11 Å². The van der Waals surface area contributed by atoms with Crippen LogP contribution in [0.2, 0.25) is 5.15 Å². The number of carboxylic acid groups (broad SMARTS) is 1. The van der Waals surface area contributed by atoms with Gasteiger partial charge in [-0.1, -0.05) is 27.5 Å². The molecule has 1 heterocycles. The van der Waals surface area contributed by atoms with E-state index in [4.69, 9.17) is 16.7 Å². The number of hydrogen-bond acceptors (Lipinski definition) is 2. The molecule has 3 nitrogen and oxygen atoms in total. The summed E-state index contributed by atoms with van der Waals surface area (Å²) in [4.78, 5) is 15.0. The first kappa shape index (κ1) is 10.4. The van der Waals surface area contributed by atoms with E-state index in [1.807, 2.05) is 0 Å². The number of benzene rings is 1. The second-order valence-electron chi connectivity index (χ2n) is 2.96. The number of pyridine rings is 1. The smallest absolute Gasteiger partial charge is 0.336 e. The topological polar surface area (TPSA) is 50.2 Å². The van der Waals surface area contributed by atoms with Gasteiger partial charge in [-0.25, -0.2) is 9.78 Å². The Labute approximate surface area is 98.8 Å². The largest absolute Gasteiger partial charge is 0.478 e. The van der Waals surface area contributed by atoms with Crippen LogP contribution in [0.1, 0.15) is 10.4 Å². The normalized spacial score (nSPS) is 10.5. The number of aromatic carboxylic acids is 1. The van der Waals surface area contributed by atoms with Crippen molar-refractivity contribution in [2.75, 3.05) is 0 Å². The molecule has 0 fully saturated rings. The van der Waals surface area contributed by atoms with Crippen molar-refractivity contribution in [1.82, 2.24) is 4.98 Å². The summed E-state index contributed by atoms with van der Waals surface area (Å²) in [5.74, 6) is -0.981. The molecule has 76 valence electrons. The number of halogens is 2. The molecule has 2 rings (SSSR count). The van der Waals surface area contributed by atoms with Crippen LogP contribution in [0.3, 0.4) is 0 Å². The van der Waals surface area contributed by atoms with Gasteiger partial charge in [0.25, 0.3) is 0 Å². The molecule has 2 aromatic rings. The van der Waals surface area contributed by atoms with Crippen LogP contribution in [0.5, 0.6) is 0 Å². The van der Waals surface area contributed by atoms with E-state index >= 15 is 0 Å². The summed E-state index contributed by atoms with van der Waals surface area (Å²) >= 11 is 8.96. The summed E-state index contributed by atoms with van der Waals surface area (Å²) in [6.45, 7) is 0. The number of fused-ring (bicyclic) bond motifs is 1. The summed E-state index contributed by atoms with van der Waals surface area (Å²) in [6, 6.07) is 6.50. The first-order valence-corrected chi connectivity index (χ1v) is 5.24. The second-order valence-corrected chi connectivity index (χ2v) is 4.26. The fraction of sp³-hybridized carbons (Fsp3) is 0. The number of carboxylic acids is 1. The molecule has 5 heteroatoms. The van der Waals surface area contributed by atoms with E-state index in [1.54, 1.807) is 24.3 Å². The van der Waals surface area contributed by atoms with E-state index in [2.05, 4.69) is 20.9 Å². The lowest BCUT2D eigenvalue weighted by Crippen LogP contribution is -1.98. The third-order valence-electron chi connectivity index (χ3n) is 1.97. The molecule has 0 radical (unpaired) electrons. The van der Waals surface area contributed by atoms with E-state index in [9.17, 15) is 4.79 Å². The molecule has 0 saturated carbocycles. The fourth-order valence-corrected chi connectivity index (χ4v) is 1.95. The van der Waals surface area contributed by atoms with Gasteiger partial charge in [-0.05, 0) is 24.3 Å². The summed E-state index contributed by atoms with van der Waals surface area (Å²) in [5.41, 5.74) is 0.776. The van der Waals surface area contributed by atoms with Crippen LogP contribution in [-0.4, -0.2) is 16.1 Å². The predicted octanol–water partition coefficient (Wildman–Crippen LogP) is 3.35. The highest BCUT2D eigenvalue weighted by atomic mass is 79.9. The molecule has 0 aliphatic heterocycles. The highest BCUT2D eigenvalue weighted by molar-refractivity contribution is 9.10. The molecular weight excluding hydrogens is 281 g/mol.